The number of benzene rings is 1. The lowest BCUT2D eigenvalue weighted by Gasteiger charge is -2.22. The van der Waals surface area contributed by atoms with Crippen molar-refractivity contribution in [2.45, 2.75) is 44.8 Å². The van der Waals surface area contributed by atoms with Gasteiger partial charge in [-0.15, -0.1) is 0 Å². The van der Waals surface area contributed by atoms with Gasteiger partial charge in [-0.2, -0.15) is 0 Å². The predicted molar refractivity (Wildman–Crippen MR) is 74.0 cm³/mol. The molecule has 17 heavy (non-hydrogen) atoms. The highest BCUT2D eigenvalue weighted by atomic mass is 32.1. The molecule has 1 fully saturated rings. The molecule has 2 rings (SSSR count). The average molecular weight is 249 g/mol. The van der Waals surface area contributed by atoms with Gasteiger partial charge in [0.1, 0.15) is 4.99 Å². The molecule has 2 nitrogen and oxygen atoms in total. The van der Waals surface area contributed by atoms with Crippen LogP contribution in [0.5, 0.6) is 0 Å². The van der Waals surface area contributed by atoms with E-state index in [4.69, 9.17) is 22.7 Å². The monoisotopic (exact) mass is 249 g/mol. The SMILES string of the molecule is NC(=S)c1ccc(COC2CCCCC2)cc1. The zero-order chi connectivity index (χ0) is 12.1. The largest absolute Gasteiger partial charge is 0.389 e. The topological polar surface area (TPSA) is 35.2 Å². The lowest BCUT2D eigenvalue weighted by Crippen LogP contribution is -2.16. The zero-order valence-corrected chi connectivity index (χ0v) is 10.8. The van der Waals surface area contributed by atoms with Crippen molar-refractivity contribution in [3.63, 3.8) is 0 Å². The molecule has 1 aliphatic carbocycles. The second-order valence-corrected chi connectivity index (χ2v) is 5.07. The lowest BCUT2D eigenvalue weighted by atomic mass is 9.98. The highest BCUT2D eigenvalue weighted by molar-refractivity contribution is 7.80. The molecule has 2 N–H and O–H groups in total. The summed E-state index contributed by atoms with van der Waals surface area (Å²) in [5.41, 5.74) is 7.66. The summed E-state index contributed by atoms with van der Waals surface area (Å²) < 4.78 is 5.91. The van der Waals surface area contributed by atoms with Crippen molar-refractivity contribution in [2.24, 2.45) is 5.73 Å². The van der Waals surface area contributed by atoms with Crippen molar-refractivity contribution in [2.75, 3.05) is 0 Å². The van der Waals surface area contributed by atoms with Crippen molar-refractivity contribution in [3.05, 3.63) is 35.4 Å². The van der Waals surface area contributed by atoms with Crippen molar-refractivity contribution >= 4 is 17.2 Å². The van der Waals surface area contributed by atoms with E-state index in [-0.39, 0.29) is 0 Å². The minimum Gasteiger partial charge on any atom is -0.389 e. The Labute approximate surface area is 108 Å². The van der Waals surface area contributed by atoms with Gasteiger partial charge in [0.15, 0.2) is 0 Å². The second-order valence-electron chi connectivity index (χ2n) is 4.63. The van der Waals surface area contributed by atoms with Crippen LogP contribution in [0, 0.1) is 0 Å². The van der Waals surface area contributed by atoms with Crippen molar-refractivity contribution in [1.29, 1.82) is 0 Å². The molecular weight excluding hydrogens is 230 g/mol. The fourth-order valence-electron chi connectivity index (χ4n) is 2.21. The van der Waals surface area contributed by atoms with E-state index in [1.807, 2.05) is 24.3 Å². The van der Waals surface area contributed by atoms with Crippen LogP contribution in [-0.2, 0) is 11.3 Å². The standard InChI is InChI=1S/C14H19NOS/c15-14(17)12-8-6-11(7-9-12)10-16-13-4-2-1-3-5-13/h6-9,13H,1-5,10H2,(H2,15,17). The van der Waals surface area contributed by atoms with E-state index in [1.54, 1.807) is 0 Å². The molecule has 0 spiro atoms. The molecule has 3 heteroatoms. The Kier molecular flexibility index (Phi) is 4.51. The first-order valence-corrected chi connectivity index (χ1v) is 6.67. The lowest BCUT2D eigenvalue weighted by molar-refractivity contribution is 0.0169. The third-order valence-electron chi connectivity index (χ3n) is 3.28. The predicted octanol–water partition coefficient (Wildman–Crippen LogP) is 3.17. The first kappa shape index (κ1) is 12.5. The van der Waals surface area contributed by atoms with Crippen molar-refractivity contribution in [1.82, 2.24) is 0 Å². The van der Waals surface area contributed by atoms with Crippen LogP contribution >= 0.6 is 12.2 Å². The van der Waals surface area contributed by atoms with Crippen LogP contribution in [0.3, 0.4) is 0 Å². The summed E-state index contributed by atoms with van der Waals surface area (Å²) in [6.45, 7) is 0.697. The van der Waals surface area contributed by atoms with E-state index in [0.717, 1.165) is 5.56 Å². The molecule has 0 unspecified atom stereocenters. The van der Waals surface area contributed by atoms with Crippen LogP contribution in [0.2, 0.25) is 0 Å². The third-order valence-corrected chi connectivity index (χ3v) is 3.51. The Morgan fingerprint density at radius 3 is 2.41 bits per heavy atom. The van der Waals surface area contributed by atoms with Gasteiger partial charge in [0.05, 0.1) is 12.7 Å². The number of ether oxygens (including phenoxy) is 1. The average Bonchev–Trinajstić information content (AvgIpc) is 2.38. The van der Waals surface area contributed by atoms with Gasteiger partial charge in [-0.25, -0.2) is 0 Å². The Hall–Kier alpha value is -0.930. The first-order valence-electron chi connectivity index (χ1n) is 6.26. The van der Waals surface area contributed by atoms with Crippen LogP contribution in [0.1, 0.15) is 43.2 Å². The van der Waals surface area contributed by atoms with E-state index in [0.29, 0.717) is 17.7 Å². The van der Waals surface area contributed by atoms with Gasteiger partial charge >= 0.3 is 0 Å². The smallest absolute Gasteiger partial charge is 0.103 e. The number of hydrogen-bond donors (Lipinski definition) is 1. The van der Waals surface area contributed by atoms with Gasteiger partial charge < -0.3 is 10.5 Å². The number of hydrogen-bond acceptors (Lipinski definition) is 2. The summed E-state index contributed by atoms with van der Waals surface area (Å²) in [4.78, 5) is 0.449. The zero-order valence-electron chi connectivity index (χ0n) is 10.0. The van der Waals surface area contributed by atoms with Gasteiger partial charge in [0.25, 0.3) is 0 Å². The molecule has 0 saturated heterocycles. The number of rotatable bonds is 4. The number of nitrogens with two attached hydrogens (primary N) is 1. The minimum atomic E-state index is 0.449. The van der Waals surface area contributed by atoms with E-state index < -0.39 is 0 Å². The Balaban J connectivity index is 1.84. The minimum absolute atomic E-state index is 0.449. The maximum atomic E-state index is 5.91. The molecule has 0 atom stereocenters. The molecule has 0 bridgehead atoms. The normalized spacial score (nSPS) is 16.9. The van der Waals surface area contributed by atoms with E-state index in [1.165, 1.54) is 37.7 Å². The highest BCUT2D eigenvalue weighted by Crippen LogP contribution is 2.21. The first-order chi connectivity index (χ1) is 8.25. The summed E-state index contributed by atoms with van der Waals surface area (Å²) in [6, 6.07) is 8.00. The summed E-state index contributed by atoms with van der Waals surface area (Å²) in [7, 11) is 0. The van der Waals surface area contributed by atoms with Crippen LogP contribution in [0.25, 0.3) is 0 Å². The summed E-state index contributed by atoms with van der Waals surface area (Å²) in [6.07, 6.45) is 6.87. The molecular formula is C14H19NOS. The van der Waals surface area contributed by atoms with Crippen LogP contribution in [0.15, 0.2) is 24.3 Å². The number of thiocarbonyl (C=S) groups is 1. The van der Waals surface area contributed by atoms with Gasteiger partial charge in [0.2, 0.25) is 0 Å². The quantitative estimate of drug-likeness (QED) is 0.832. The van der Waals surface area contributed by atoms with Crippen LogP contribution in [0.4, 0.5) is 0 Å². The molecule has 92 valence electrons. The van der Waals surface area contributed by atoms with Crippen LogP contribution < -0.4 is 5.73 Å². The molecule has 1 aromatic rings. The van der Waals surface area contributed by atoms with E-state index in [2.05, 4.69) is 0 Å². The van der Waals surface area contributed by atoms with Gasteiger partial charge in [0, 0.05) is 5.56 Å². The molecule has 0 aromatic heterocycles. The summed E-state index contributed by atoms with van der Waals surface area (Å²) in [5.74, 6) is 0. The molecule has 1 saturated carbocycles. The van der Waals surface area contributed by atoms with E-state index >= 15 is 0 Å². The Bertz CT molecular complexity index is 368. The van der Waals surface area contributed by atoms with Gasteiger partial charge in [-0.3, -0.25) is 0 Å². The molecule has 0 amide bonds. The Morgan fingerprint density at radius 2 is 1.82 bits per heavy atom. The maximum absolute atomic E-state index is 5.91. The van der Waals surface area contributed by atoms with Crippen molar-refractivity contribution < 1.29 is 4.74 Å². The fraction of sp³-hybridized carbons (Fsp3) is 0.500. The summed E-state index contributed by atoms with van der Waals surface area (Å²) in [5, 5.41) is 0. The van der Waals surface area contributed by atoms with Crippen molar-refractivity contribution in [3.8, 4) is 0 Å². The Morgan fingerprint density at radius 1 is 1.18 bits per heavy atom. The third kappa shape index (κ3) is 3.79. The summed E-state index contributed by atoms with van der Waals surface area (Å²) >= 11 is 4.92. The second kappa shape index (κ2) is 6.12. The molecule has 1 aliphatic rings. The molecule has 0 aliphatic heterocycles. The van der Waals surface area contributed by atoms with E-state index in [9.17, 15) is 0 Å². The molecule has 1 aromatic carbocycles. The molecule has 0 radical (unpaired) electrons. The van der Waals surface area contributed by atoms with Gasteiger partial charge in [-0.1, -0.05) is 55.7 Å². The van der Waals surface area contributed by atoms with Gasteiger partial charge in [-0.05, 0) is 18.4 Å². The fourth-order valence-corrected chi connectivity index (χ4v) is 2.35. The maximum Gasteiger partial charge on any atom is 0.103 e. The molecule has 0 heterocycles. The highest BCUT2D eigenvalue weighted by Gasteiger charge is 2.13. The van der Waals surface area contributed by atoms with Crippen LogP contribution in [-0.4, -0.2) is 11.1 Å².